The Hall–Kier alpha value is -1.36. The van der Waals surface area contributed by atoms with Crippen LogP contribution in [-0.4, -0.2) is 19.5 Å². The molecule has 0 radical (unpaired) electrons. The number of sulfone groups is 1. The van der Waals surface area contributed by atoms with Crippen molar-refractivity contribution in [1.82, 2.24) is 0 Å². The zero-order valence-electron chi connectivity index (χ0n) is 11.4. The molecule has 22 heavy (non-hydrogen) atoms. The van der Waals surface area contributed by atoms with Crippen LogP contribution in [0.2, 0.25) is 10.0 Å². The molecule has 3 rings (SSSR count). The molecular formula is C16H12Cl2O3S. The molecule has 3 nitrogen and oxygen atoms in total. The molecule has 0 N–H and O–H groups in total. The van der Waals surface area contributed by atoms with Gasteiger partial charge in [0.25, 0.3) is 0 Å². The number of benzene rings is 2. The first-order chi connectivity index (χ1) is 10.4. The van der Waals surface area contributed by atoms with Crippen molar-refractivity contribution in [2.75, 3.05) is 0 Å². The minimum atomic E-state index is -3.57. The van der Waals surface area contributed by atoms with Crippen molar-refractivity contribution >= 4 is 38.8 Å². The zero-order valence-corrected chi connectivity index (χ0v) is 13.7. The third kappa shape index (κ3) is 2.78. The Kier molecular flexibility index (Phi) is 4.02. The van der Waals surface area contributed by atoms with E-state index in [1.54, 1.807) is 24.3 Å². The predicted molar refractivity (Wildman–Crippen MR) is 86.3 cm³/mol. The summed E-state index contributed by atoms with van der Waals surface area (Å²) in [4.78, 5) is 12.4. The van der Waals surface area contributed by atoms with E-state index in [2.05, 4.69) is 0 Å². The molecule has 2 aromatic carbocycles. The molecule has 2 aromatic rings. The van der Waals surface area contributed by atoms with E-state index >= 15 is 0 Å². The first kappa shape index (κ1) is 15.5. The Morgan fingerprint density at radius 2 is 1.68 bits per heavy atom. The lowest BCUT2D eigenvalue weighted by atomic mass is 10.1. The fourth-order valence-electron chi connectivity index (χ4n) is 2.44. The summed E-state index contributed by atoms with van der Waals surface area (Å²) < 4.78 is 25.1. The van der Waals surface area contributed by atoms with Crippen LogP contribution in [0.15, 0.2) is 53.4 Å². The Bertz CT molecular complexity index is 832. The van der Waals surface area contributed by atoms with Crippen molar-refractivity contribution in [2.24, 2.45) is 5.92 Å². The summed E-state index contributed by atoms with van der Waals surface area (Å²) in [6.45, 7) is 0. The van der Waals surface area contributed by atoms with Crippen LogP contribution < -0.4 is 0 Å². The summed E-state index contributed by atoms with van der Waals surface area (Å²) >= 11 is 11.7. The minimum absolute atomic E-state index is 0.107. The number of Topliss-reactive ketones (excluding diaryl/α,β-unsaturated/α-hetero) is 1. The SMILES string of the molecule is O=C(c1ccccc1)[C@@H]1C[C@H]1S(=O)(=O)c1ccc(Cl)c(Cl)c1. The second-order valence-corrected chi connectivity index (χ2v) is 8.21. The highest BCUT2D eigenvalue weighted by atomic mass is 35.5. The van der Waals surface area contributed by atoms with Crippen LogP contribution in [0.4, 0.5) is 0 Å². The van der Waals surface area contributed by atoms with Gasteiger partial charge in [-0.25, -0.2) is 8.42 Å². The van der Waals surface area contributed by atoms with Gasteiger partial charge in [-0.2, -0.15) is 0 Å². The third-order valence-corrected chi connectivity index (χ3v) is 6.71. The molecule has 0 unspecified atom stereocenters. The molecule has 0 bridgehead atoms. The van der Waals surface area contributed by atoms with E-state index in [1.807, 2.05) is 6.07 Å². The molecule has 0 aromatic heterocycles. The number of hydrogen-bond donors (Lipinski definition) is 0. The summed E-state index contributed by atoms with van der Waals surface area (Å²) in [5.41, 5.74) is 0.541. The van der Waals surface area contributed by atoms with Gasteiger partial charge in [-0.15, -0.1) is 0 Å². The van der Waals surface area contributed by atoms with Crippen molar-refractivity contribution in [3.05, 3.63) is 64.1 Å². The van der Waals surface area contributed by atoms with Crippen LogP contribution in [0.25, 0.3) is 0 Å². The van der Waals surface area contributed by atoms with Gasteiger partial charge in [0.05, 0.1) is 20.2 Å². The van der Waals surface area contributed by atoms with Crippen molar-refractivity contribution in [1.29, 1.82) is 0 Å². The van der Waals surface area contributed by atoms with Gasteiger partial charge in [-0.3, -0.25) is 4.79 Å². The van der Waals surface area contributed by atoms with Gasteiger partial charge < -0.3 is 0 Å². The van der Waals surface area contributed by atoms with Crippen molar-refractivity contribution in [3.8, 4) is 0 Å². The first-order valence-electron chi connectivity index (χ1n) is 6.69. The van der Waals surface area contributed by atoms with Crippen LogP contribution in [0.3, 0.4) is 0 Å². The van der Waals surface area contributed by atoms with Gasteiger partial charge in [0.2, 0.25) is 0 Å². The van der Waals surface area contributed by atoms with E-state index in [0.29, 0.717) is 17.0 Å². The second-order valence-electron chi connectivity index (χ2n) is 5.23. The van der Waals surface area contributed by atoms with Crippen molar-refractivity contribution in [2.45, 2.75) is 16.6 Å². The number of hydrogen-bond acceptors (Lipinski definition) is 3. The highest BCUT2D eigenvalue weighted by Gasteiger charge is 2.52. The molecule has 0 spiro atoms. The molecule has 1 aliphatic rings. The summed E-state index contributed by atoms with van der Waals surface area (Å²) in [7, 11) is -3.57. The number of rotatable bonds is 4. The van der Waals surface area contributed by atoms with Crippen LogP contribution in [0.1, 0.15) is 16.8 Å². The molecule has 6 heteroatoms. The predicted octanol–water partition coefficient (Wildman–Crippen LogP) is 4.04. The Labute approximate surface area is 138 Å². The molecule has 0 amide bonds. The van der Waals surface area contributed by atoms with Gasteiger partial charge in [-0.05, 0) is 24.6 Å². The van der Waals surface area contributed by atoms with Crippen molar-refractivity contribution in [3.63, 3.8) is 0 Å². The topological polar surface area (TPSA) is 51.2 Å². The molecule has 0 saturated heterocycles. The molecule has 0 heterocycles. The van der Waals surface area contributed by atoms with Gasteiger partial charge in [0.15, 0.2) is 15.6 Å². The van der Waals surface area contributed by atoms with Crippen LogP contribution in [-0.2, 0) is 9.84 Å². The second kappa shape index (κ2) is 5.69. The summed E-state index contributed by atoms with van der Waals surface area (Å²) in [6, 6.07) is 12.9. The smallest absolute Gasteiger partial charge is 0.182 e. The molecule has 2 atom stereocenters. The summed E-state index contributed by atoms with van der Waals surface area (Å²) in [5.74, 6) is -0.615. The quantitative estimate of drug-likeness (QED) is 0.778. The highest BCUT2D eigenvalue weighted by Crippen LogP contribution is 2.43. The lowest BCUT2D eigenvalue weighted by molar-refractivity contribution is 0.0968. The summed E-state index contributed by atoms with van der Waals surface area (Å²) in [6.07, 6.45) is 0.344. The van der Waals surface area contributed by atoms with Gasteiger partial charge in [-0.1, -0.05) is 53.5 Å². The maximum atomic E-state index is 12.6. The van der Waals surface area contributed by atoms with E-state index in [0.717, 1.165) is 0 Å². The van der Waals surface area contributed by atoms with Gasteiger partial charge >= 0.3 is 0 Å². The molecule has 1 fully saturated rings. The maximum Gasteiger partial charge on any atom is 0.182 e. The van der Waals surface area contributed by atoms with E-state index in [4.69, 9.17) is 23.2 Å². The zero-order chi connectivity index (χ0) is 15.9. The van der Waals surface area contributed by atoms with E-state index in [1.165, 1.54) is 18.2 Å². The monoisotopic (exact) mass is 354 g/mol. The third-order valence-electron chi connectivity index (χ3n) is 3.75. The number of ketones is 1. The van der Waals surface area contributed by atoms with Gasteiger partial charge in [0.1, 0.15) is 0 Å². The highest BCUT2D eigenvalue weighted by molar-refractivity contribution is 7.92. The van der Waals surface area contributed by atoms with E-state index in [-0.39, 0.29) is 15.7 Å². The molecule has 114 valence electrons. The standard InChI is InChI=1S/C16H12Cl2O3S/c17-13-7-6-11(8-14(13)18)22(20,21)15-9-12(15)16(19)10-4-2-1-3-5-10/h1-8,12,15H,9H2/t12-,15-/m1/s1. The largest absolute Gasteiger partial charge is 0.294 e. The Morgan fingerprint density at radius 3 is 2.32 bits per heavy atom. The average molecular weight is 355 g/mol. The molecule has 1 aliphatic carbocycles. The van der Waals surface area contributed by atoms with Crippen LogP contribution in [0, 0.1) is 5.92 Å². The average Bonchev–Trinajstić information content (AvgIpc) is 3.31. The lowest BCUT2D eigenvalue weighted by Gasteiger charge is -2.05. The Balaban J connectivity index is 1.84. The van der Waals surface area contributed by atoms with Crippen LogP contribution in [0.5, 0.6) is 0 Å². The van der Waals surface area contributed by atoms with E-state index in [9.17, 15) is 13.2 Å². The first-order valence-corrected chi connectivity index (χ1v) is 8.99. The lowest BCUT2D eigenvalue weighted by Crippen LogP contribution is -2.14. The fourth-order valence-corrected chi connectivity index (χ4v) is 4.70. The molecule has 1 saturated carbocycles. The molecule has 0 aliphatic heterocycles. The number of carbonyl (C=O) groups excluding carboxylic acids is 1. The molecular weight excluding hydrogens is 343 g/mol. The maximum absolute atomic E-state index is 12.6. The van der Waals surface area contributed by atoms with Crippen LogP contribution >= 0.6 is 23.2 Å². The number of carbonyl (C=O) groups is 1. The van der Waals surface area contributed by atoms with Gasteiger partial charge in [0, 0.05) is 11.5 Å². The number of halogens is 2. The normalized spacial score (nSPS) is 20.6. The summed E-state index contributed by atoms with van der Waals surface area (Å²) in [5, 5.41) is -0.194. The van der Waals surface area contributed by atoms with E-state index < -0.39 is 21.0 Å². The Morgan fingerprint density at radius 1 is 1.00 bits per heavy atom. The van der Waals surface area contributed by atoms with Crippen molar-refractivity contribution < 1.29 is 13.2 Å². The minimum Gasteiger partial charge on any atom is -0.294 e. The fraction of sp³-hybridized carbons (Fsp3) is 0.188.